The van der Waals surface area contributed by atoms with Crippen molar-refractivity contribution in [2.45, 2.75) is 32.7 Å². The molecule has 0 aliphatic heterocycles. The fraction of sp³-hybridized carbons (Fsp3) is 0.429. The molecular formula is C14H18BrN3O. The van der Waals surface area contributed by atoms with Gasteiger partial charge in [0, 0.05) is 4.47 Å². The maximum absolute atomic E-state index is 5.68. The third-order valence-corrected chi connectivity index (χ3v) is 3.35. The monoisotopic (exact) mass is 323 g/mol. The second-order valence-electron chi connectivity index (χ2n) is 4.51. The molecule has 1 atom stereocenters. The van der Waals surface area contributed by atoms with E-state index in [9.17, 15) is 0 Å². The number of aromatic nitrogens is 2. The Hall–Kier alpha value is -1.20. The van der Waals surface area contributed by atoms with Crippen LogP contribution in [0.25, 0.3) is 0 Å². The molecular weight excluding hydrogens is 306 g/mol. The summed E-state index contributed by atoms with van der Waals surface area (Å²) in [6.07, 6.45) is 1.75. The van der Waals surface area contributed by atoms with Gasteiger partial charge < -0.3 is 9.73 Å². The Bertz CT molecular complexity index is 510. The maximum atomic E-state index is 5.68. The van der Waals surface area contributed by atoms with Gasteiger partial charge in [-0.25, -0.2) is 0 Å². The van der Waals surface area contributed by atoms with Crippen molar-refractivity contribution >= 4 is 15.9 Å². The van der Waals surface area contributed by atoms with Gasteiger partial charge in [-0.05, 0) is 37.6 Å². The quantitative estimate of drug-likeness (QED) is 0.884. The number of nitrogens with zero attached hydrogens (tertiary/aromatic N) is 2. The van der Waals surface area contributed by atoms with Crippen LogP contribution in [0.2, 0.25) is 0 Å². The highest BCUT2D eigenvalue weighted by Crippen LogP contribution is 2.15. The van der Waals surface area contributed by atoms with Crippen LogP contribution >= 0.6 is 15.9 Å². The fourth-order valence-corrected chi connectivity index (χ4v) is 2.00. The molecule has 1 heterocycles. The van der Waals surface area contributed by atoms with Crippen LogP contribution in [-0.2, 0) is 6.42 Å². The van der Waals surface area contributed by atoms with Gasteiger partial charge in [-0.1, -0.05) is 35.0 Å². The Morgan fingerprint density at radius 1 is 1.26 bits per heavy atom. The van der Waals surface area contributed by atoms with Crippen molar-refractivity contribution in [1.82, 2.24) is 15.5 Å². The van der Waals surface area contributed by atoms with Crippen molar-refractivity contribution < 1.29 is 4.42 Å². The summed E-state index contributed by atoms with van der Waals surface area (Å²) in [6.45, 7) is 5.12. The van der Waals surface area contributed by atoms with E-state index in [2.05, 4.69) is 38.4 Å². The molecule has 0 saturated heterocycles. The van der Waals surface area contributed by atoms with Crippen LogP contribution in [0.4, 0.5) is 0 Å². The van der Waals surface area contributed by atoms with Gasteiger partial charge in [-0.15, -0.1) is 10.2 Å². The van der Waals surface area contributed by atoms with Crippen LogP contribution in [0.3, 0.4) is 0 Å². The minimum Gasteiger partial charge on any atom is -0.423 e. The standard InChI is InChI=1S/C14H18BrN3O/c1-3-8-16-10(2)14-18-17-13(19-14)9-11-4-6-12(15)7-5-11/h4-7,10,16H,3,8-9H2,1-2H3. The van der Waals surface area contributed by atoms with Crippen LogP contribution < -0.4 is 5.32 Å². The smallest absolute Gasteiger partial charge is 0.233 e. The van der Waals surface area contributed by atoms with Crippen molar-refractivity contribution in [2.75, 3.05) is 6.54 Å². The van der Waals surface area contributed by atoms with Crippen LogP contribution in [0.5, 0.6) is 0 Å². The van der Waals surface area contributed by atoms with Gasteiger partial charge in [0.25, 0.3) is 0 Å². The average Bonchev–Trinajstić information content (AvgIpc) is 2.87. The number of benzene rings is 1. The molecule has 2 aromatic rings. The van der Waals surface area contributed by atoms with E-state index in [0.717, 1.165) is 23.0 Å². The molecule has 19 heavy (non-hydrogen) atoms. The van der Waals surface area contributed by atoms with Crippen molar-refractivity contribution in [1.29, 1.82) is 0 Å². The number of hydrogen-bond donors (Lipinski definition) is 1. The summed E-state index contributed by atoms with van der Waals surface area (Å²) in [5.74, 6) is 1.31. The third kappa shape index (κ3) is 4.14. The van der Waals surface area contributed by atoms with Crippen molar-refractivity contribution in [3.63, 3.8) is 0 Å². The number of halogens is 1. The molecule has 0 radical (unpaired) electrons. The van der Waals surface area contributed by atoms with Gasteiger partial charge in [-0.3, -0.25) is 0 Å². The van der Waals surface area contributed by atoms with Gasteiger partial charge in [0.05, 0.1) is 12.5 Å². The van der Waals surface area contributed by atoms with E-state index >= 15 is 0 Å². The van der Waals surface area contributed by atoms with Crippen molar-refractivity contribution in [3.8, 4) is 0 Å². The lowest BCUT2D eigenvalue weighted by molar-refractivity contribution is 0.397. The molecule has 2 rings (SSSR count). The van der Waals surface area contributed by atoms with Crippen molar-refractivity contribution in [2.24, 2.45) is 0 Å². The highest BCUT2D eigenvalue weighted by atomic mass is 79.9. The number of nitrogens with one attached hydrogen (secondary N) is 1. The molecule has 1 N–H and O–H groups in total. The van der Waals surface area contributed by atoms with E-state index < -0.39 is 0 Å². The lowest BCUT2D eigenvalue weighted by Gasteiger charge is -2.07. The predicted molar refractivity (Wildman–Crippen MR) is 78.0 cm³/mol. The topological polar surface area (TPSA) is 51.0 Å². The fourth-order valence-electron chi connectivity index (χ4n) is 1.74. The molecule has 0 bridgehead atoms. The first-order valence-electron chi connectivity index (χ1n) is 6.49. The van der Waals surface area contributed by atoms with E-state index in [-0.39, 0.29) is 6.04 Å². The average molecular weight is 324 g/mol. The second kappa shape index (κ2) is 6.82. The molecule has 102 valence electrons. The highest BCUT2D eigenvalue weighted by Gasteiger charge is 2.13. The molecule has 0 saturated carbocycles. The zero-order valence-electron chi connectivity index (χ0n) is 11.2. The minimum atomic E-state index is 0.103. The molecule has 5 heteroatoms. The van der Waals surface area contributed by atoms with E-state index in [4.69, 9.17) is 4.42 Å². The van der Waals surface area contributed by atoms with Crippen LogP contribution in [0.1, 0.15) is 43.7 Å². The van der Waals surface area contributed by atoms with Crippen molar-refractivity contribution in [3.05, 3.63) is 46.1 Å². The first kappa shape index (κ1) is 14.2. The summed E-state index contributed by atoms with van der Waals surface area (Å²) < 4.78 is 6.75. The summed E-state index contributed by atoms with van der Waals surface area (Å²) >= 11 is 3.42. The molecule has 0 fully saturated rings. The maximum Gasteiger partial charge on any atom is 0.233 e. The lowest BCUT2D eigenvalue weighted by atomic mass is 10.1. The van der Waals surface area contributed by atoms with Crippen LogP contribution in [0.15, 0.2) is 33.2 Å². The first-order valence-corrected chi connectivity index (χ1v) is 7.28. The normalized spacial score (nSPS) is 12.6. The van der Waals surface area contributed by atoms with Crippen LogP contribution in [-0.4, -0.2) is 16.7 Å². The summed E-state index contributed by atoms with van der Waals surface area (Å²) in [4.78, 5) is 0. The predicted octanol–water partition coefficient (Wildman–Crippen LogP) is 3.48. The summed E-state index contributed by atoms with van der Waals surface area (Å²) in [6, 6.07) is 8.22. The molecule has 1 unspecified atom stereocenters. The Labute approximate surface area is 121 Å². The molecule has 0 spiro atoms. The highest BCUT2D eigenvalue weighted by molar-refractivity contribution is 9.10. The molecule has 0 aliphatic carbocycles. The van der Waals surface area contributed by atoms with Gasteiger partial charge in [0.1, 0.15) is 0 Å². The second-order valence-corrected chi connectivity index (χ2v) is 5.43. The minimum absolute atomic E-state index is 0.103. The Balaban J connectivity index is 1.98. The largest absolute Gasteiger partial charge is 0.423 e. The molecule has 1 aromatic carbocycles. The first-order chi connectivity index (χ1) is 9.19. The van der Waals surface area contributed by atoms with Gasteiger partial charge in [-0.2, -0.15) is 0 Å². The van der Waals surface area contributed by atoms with Gasteiger partial charge >= 0.3 is 0 Å². The molecule has 4 nitrogen and oxygen atoms in total. The van der Waals surface area contributed by atoms with Crippen LogP contribution in [0, 0.1) is 0 Å². The molecule has 0 aliphatic rings. The van der Waals surface area contributed by atoms with Gasteiger partial charge in [0.15, 0.2) is 0 Å². The lowest BCUT2D eigenvalue weighted by Crippen LogP contribution is -2.19. The molecule has 0 amide bonds. The SMILES string of the molecule is CCCNC(C)c1nnc(Cc2ccc(Br)cc2)o1. The summed E-state index contributed by atoms with van der Waals surface area (Å²) in [7, 11) is 0. The Morgan fingerprint density at radius 2 is 2.00 bits per heavy atom. The zero-order chi connectivity index (χ0) is 13.7. The summed E-state index contributed by atoms with van der Waals surface area (Å²) in [5, 5.41) is 11.5. The Kier molecular flexibility index (Phi) is 5.10. The van der Waals surface area contributed by atoms with E-state index in [0.29, 0.717) is 18.2 Å². The zero-order valence-corrected chi connectivity index (χ0v) is 12.8. The number of hydrogen-bond acceptors (Lipinski definition) is 4. The van der Waals surface area contributed by atoms with Gasteiger partial charge in [0.2, 0.25) is 11.8 Å². The van der Waals surface area contributed by atoms with E-state index in [1.807, 2.05) is 31.2 Å². The van der Waals surface area contributed by atoms with E-state index in [1.165, 1.54) is 0 Å². The molecule has 1 aromatic heterocycles. The third-order valence-electron chi connectivity index (χ3n) is 2.82. The van der Waals surface area contributed by atoms with E-state index in [1.54, 1.807) is 0 Å². The summed E-state index contributed by atoms with van der Waals surface area (Å²) in [5.41, 5.74) is 1.16. The Morgan fingerprint density at radius 3 is 2.68 bits per heavy atom. The number of rotatable bonds is 6.